The summed E-state index contributed by atoms with van der Waals surface area (Å²) < 4.78 is 7.74. The second-order valence-electron chi connectivity index (χ2n) is 14.4. The number of thiophene rings is 1. The maximum Gasteiger partial charge on any atom is 0.266 e. The molecule has 16 heteroatoms. The van der Waals surface area contributed by atoms with E-state index in [-0.39, 0.29) is 60.9 Å². The van der Waals surface area contributed by atoms with E-state index in [2.05, 4.69) is 34.7 Å². The molecule has 3 aliphatic rings. The van der Waals surface area contributed by atoms with Crippen LogP contribution in [-0.4, -0.2) is 79.4 Å². The molecule has 2 atom stereocenters. The van der Waals surface area contributed by atoms with Crippen molar-refractivity contribution in [3.63, 3.8) is 0 Å². The number of ketones is 1. The number of fused-ring (bicyclic) bond motifs is 4. The van der Waals surface area contributed by atoms with Gasteiger partial charge in [-0.05, 0) is 76.8 Å². The van der Waals surface area contributed by atoms with Crippen LogP contribution in [0.25, 0.3) is 5.00 Å². The summed E-state index contributed by atoms with van der Waals surface area (Å²) in [5.41, 5.74) is 2.28. The number of ether oxygens (including phenoxy) is 1. The molecule has 0 spiro atoms. The molecule has 1 unspecified atom stereocenters. The van der Waals surface area contributed by atoms with Crippen LogP contribution < -0.4 is 15.4 Å². The van der Waals surface area contributed by atoms with Gasteiger partial charge in [-0.1, -0.05) is 36.2 Å². The van der Waals surface area contributed by atoms with E-state index < -0.39 is 35.2 Å². The van der Waals surface area contributed by atoms with Gasteiger partial charge in [0.25, 0.3) is 17.7 Å². The van der Waals surface area contributed by atoms with Crippen LogP contribution in [0.5, 0.6) is 5.75 Å². The van der Waals surface area contributed by atoms with Crippen molar-refractivity contribution in [1.82, 2.24) is 30.3 Å². The summed E-state index contributed by atoms with van der Waals surface area (Å²) in [5.74, 6) is -1.56. The van der Waals surface area contributed by atoms with Gasteiger partial charge in [0, 0.05) is 40.4 Å². The molecule has 5 heterocycles. The van der Waals surface area contributed by atoms with Crippen molar-refractivity contribution in [3.05, 3.63) is 91.8 Å². The van der Waals surface area contributed by atoms with E-state index in [0.717, 1.165) is 37.2 Å². The Labute approximate surface area is 331 Å². The average Bonchev–Trinajstić information content (AvgIpc) is 3.75. The fraction of sp³-hybridized carbons (Fsp3) is 0.375. The topological polar surface area (TPSA) is 182 Å². The number of hydrogen-bond acceptors (Lipinski definition) is 11. The highest BCUT2D eigenvalue weighted by molar-refractivity contribution is 7.15. The number of halogens is 1. The second kappa shape index (κ2) is 15.5. The number of unbranched alkanes of at least 4 members (excludes halogenated alkanes) is 2. The largest absolute Gasteiger partial charge is 0.485 e. The third-order valence-corrected chi connectivity index (χ3v) is 12.0. The maximum absolute atomic E-state index is 13.5. The van der Waals surface area contributed by atoms with E-state index in [1.807, 2.05) is 35.8 Å². The van der Waals surface area contributed by atoms with Crippen molar-refractivity contribution < 1.29 is 33.5 Å². The van der Waals surface area contributed by atoms with Gasteiger partial charge < -0.3 is 10.1 Å². The van der Waals surface area contributed by atoms with Gasteiger partial charge in [0.1, 0.15) is 34.8 Å². The molecule has 2 aromatic carbocycles. The first-order chi connectivity index (χ1) is 26.8. The van der Waals surface area contributed by atoms with Crippen LogP contribution in [-0.2, 0) is 19.2 Å². The minimum Gasteiger partial charge on any atom is -0.485 e. The molecule has 1 saturated heterocycles. The zero-order chi connectivity index (χ0) is 39.9. The fourth-order valence-corrected chi connectivity index (χ4v) is 8.63. The van der Waals surface area contributed by atoms with E-state index in [9.17, 15) is 28.8 Å². The molecule has 2 N–H and O–H groups in total. The van der Waals surface area contributed by atoms with Crippen molar-refractivity contribution in [3.8, 4) is 10.8 Å². The number of carbonyl (C=O) groups excluding carboxylic acids is 6. The van der Waals surface area contributed by atoms with Gasteiger partial charge in [0.2, 0.25) is 11.8 Å². The number of aryl methyl sites for hydroxylation is 2. The first kappa shape index (κ1) is 38.7. The summed E-state index contributed by atoms with van der Waals surface area (Å²) in [6, 6.07) is 11.4. The molecule has 0 radical (unpaired) electrons. The van der Waals surface area contributed by atoms with E-state index in [1.54, 1.807) is 17.4 Å². The molecule has 5 amide bonds. The molecule has 0 saturated carbocycles. The number of carbonyl (C=O) groups is 6. The molecule has 1 fully saturated rings. The molecule has 4 aromatic rings. The molecule has 7 rings (SSSR count). The van der Waals surface area contributed by atoms with Gasteiger partial charge >= 0.3 is 0 Å². The van der Waals surface area contributed by atoms with Gasteiger partial charge in [-0.2, -0.15) is 0 Å². The van der Waals surface area contributed by atoms with E-state index in [4.69, 9.17) is 21.3 Å². The van der Waals surface area contributed by atoms with E-state index in [0.29, 0.717) is 42.5 Å². The predicted octanol–water partition coefficient (Wildman–Crippen LogP) is 5.31. The van der Waals surface area contributed by atoms with Crippen LogP contribution in [0.15, 0.2) is 47.5 Å². The maximum atomic E-state index is 13.5. The average molecular weight is 798 g/mol. The van der Waals surface area contributed by atoms with Gasteiger partial charge in [-0.3, -0.25) is 48.5 Å². The summed E-state index contributed by atoms with van der Waals surface area (Å²) in [7, 11) is 0. The molecule has 56 heavy (non-hydrogen) atoms. The Balaban J connectivity index is 0.912. The predicted molar refractivity (Wildman–Crippen MR) is 208 cm³/mol. The zero-order valence-corrected chi connectivity index (χ0v) is 32.9. The minimum absolute atomic E-state index is 0.00221. The number of Topliss-reactive ketones (excluding diaryl/α,β-unsaturated/α-hetero) is 1. The van der Waals surface area contributed by atoms with Crippen LogP contribution in [0.3, 0.4) is 0 Å². The van der Waals surface area contributed by atoms with Gasteiger partial charge in [0.05, 0.1) is 23.3 Å². The third-order valence-electron chi connectivity index (χ3n) is 10.5. The number of imide groups is 2. The molecule has 0 bridgehead atoms. The molecule has 3 aliphatic heterocycles. The zero-order valence-electron chi connectivity index (χ0n) is 31.4. The van der Waals surface area contributed by atoms with Crippen molar-refractivity contribution >= 4 is 64.0 Å². The number of aromatic nitrogens is 3. The van der Waals surface area contributed by atoms with Crippen LogP contribution in [0.1, 0.15) is 112 Å². The number of nitrogens with one attached hydrogen (secondary N) is 2. The minimum atomic E-state index is -1.54. The molecule has 0 aliphatic carbocycles. The number of piperidine rings is 1. The van der Waals surface area contributed by atoms with Crippen LogP contribution in [0.2, 0.25) is 5.02 Å². The molecule has 14 nitrogen and oxygen atoms in total. The number of nitrogens with zero attached hydrogens (tertiary/aromatic N) is 5. The fourth-order valence-electron chi connectivity index (χ4n) is 7.29. The summed E-state index contributed by atoms with van der Waals surface area (Å²) >= 11 is 7.86. The van der Waals surface area contributed by atoms with Crippen molar-refractivity contribution in [2.24, 2.45) is 4.99 Å². The van der Waals surface area contributed by atoms with Gasteiger partial charge in [-0.25, -0.2) is 0 Å². The Bertz CT molecular complexity index is 2330. The lowest BCUT2D eigenvalue weighted by atomic mass is 9.89. The first-order valence-corrected chi connectivity index (χ1v) is 19.6. The number of rotatable bonds is 13. The van der Waals surface area contributed by atoms with Gasteiger partial charge in [0.15, 0.2) is 11.6 Å². The number of benzene rings is 2. The molecule has 290 valence electrons. The summed E-state index contributed by atoms with van der Waals surface area (Å²) in [5, 5.41) is 15.6. The van der Waals surface area contributed by atoms with Crippen molar-refractivity contribution in [1.29, 1.82) is 0 Å². The smallest absolute Gasteiger partial charge is 0.266 e. The standard InChI is InChI=1S/C40H40ClN7O7S/c1-21-22(2)56-38-32(21)34(24-12-14-25(41)15-13-24)43-28(35-46-45-23(3)47(35)38)19-31(51)42-18-7-5-6-9-26(49)20-55-29-11-8-10-27-33(29)37(53)48(36(27)52)40(4)17-16-30(50)44-39(40)54/h8,10-15,28H,5-7,9,16-20H2,1-4H3,(H,42,51)(H,44,50,54)/t28-,40?/m0/s1. The highest BCUT2D eigenvalue weighted by Gasteiger charge is 2.53. The summed E-state index contributed by atoms with van der Waals surface area (Å²) in [6.07, 6.45) is 2.15. The Morgan fingerprint density at radius 1 is 1.00 bits per heavy atom. The number of hydrogen-bond donors (Lipinski definition) is 2. The normalized spacial score (nSPS) is 18.8. The quantitative estimate of drug-likeness (QED) is 0.134. The highest BCUT2D eigenvalue weighted by atomic mass is 35.5. The lowest BCUT2D eigenvalue weighted by molar-refractivity contribution is -0.141. The molecular weight excluding hydrogens is 758 g/mol. The van der Waals surface area contributed by atoms with Crippen LogP contribution in [0.4, 0.5) is 0 Å². The lowest BCUT2D eigenvalue weighted by Crippen LogP contribution is -2.62. The highest BCUT2D eigenvalue weighted by Crippen LogP contribution is 2.40. The molecular formula is C40H40ClN7O7S. The Hall–Kier alpha value is -5.54. The Morgan fingerprint density at radius 3 is 2.52 bits per heavy atom. The number of amides is 5. The second-order valence-corrected chi connectivity index (χ2v) is 16.0. The number of aliphatic imine (C=N–C) groups is 1. The van der Waals surface area contributed by atoms with Crippen molar-refractivity contribution in [2.75, 3.05) is 13.2 Å². The van der Waals surface area contributed by atoms with Gasteiger partial charge in [-0.15, -0.1) is 21.5 Å². The van der Waals surface area contributed by atoms with Crippen molar-refractivity contribution in [2.45, 2.75) is 84.2 Å². The van der Waals surface area contributed by atoms with Crippen LogP contribution in [0, 0.1) is 20.8 Å². The third kappa shape index (κ3) is 7.16. The lowest BCUT2D eigenvalue weighted by Gasteiger charge is -2.38. The Morgan fingerprint density at radius 2 is 1.77 bits per heavy atom. The summed E-state index contributed by atoms with van der Waals surface area (Å²) in [6.45, 7) is 7.59. The summed E-state index contributed by atoms with van der Waals surface area (Å²) in [4.78, 5) is 84.4. The molecule has 2 aromatic heterocycles. The van der Waals surface area contributed by atoms with E-state index >= 15 is 0 Å². The van der Waals surface area contributed by atoms with Crippen LogP contribution >= 0.6 is 22.9 Å². The Kier molecular flexibility index (Phi) is 10.7. The first-order valence-electron chi connectivity index (χ1n) is 18.4. The monoisotopic (exact) mass is 797 g/mol. The van der Waals surface area contributed by atoms with E-state index in [1.165, 1.54) is 19.1 Å². The SMILES string of the molecule is Cc1sc2c(c1C)C(c1ccc(Cl)cc1)=N[C@@H](CC(=O)NCCCCCC(=O)COc1cccc3c1C(=O)N(C1(C)CCC(=O)NC1=O)C3=O)c1nnc(C)n1-2.